The highest BCUT2D eigenvalue weighted by atomic mass is 32.2. The van der Waals surface area contributed by atoms with Crippen molar-refractivity contribution in [3.05, 3.63) is 54.2 Å². The van der Waals surface area contributed by atoms with Crippen LogP contribution in [0.1, 0.15) is 17.3 Å². The van der Waals surface area contributed by atoms with Crippen LogP contribution < -0.4 is 0 Å². The Bertz CT molecular complexity index is 878. The van der Waals surface area contributed by atoms with Gasteiger partial charge in [-0.3, -0.25) is 4.79 Å². The Hall–Kier alpha value is -1.74. The van der Waals surface area contributed by atoms with Gasteiger partial charge in [-0.2, -0.15) is 4.31 Å². The minimum atomic E-state index is -3.52. The second-order valence-corrected chi connectivity index (χ2v) is 9.83. The number of carbonyl (C=O) groups excluding carboxylic acids is 1. The Kier molecular flexibility index (Phi) is 6.31. The third-order valence-electron chi connectivity index (χ3n) is 4.53. The van der Waals surface area contributed by atoms with E-state index in [1.54, 1.807) is 24.3 Å². The molecule has 1 fully saturated rings. The maximum absolute atomic E-state index is 12.7. The molecule has 2 aromatic rings. The minimum absolute atomic E-state index is 0.0246. The number of thioether (sulfide) groups is 1. The normalized spacial score (nSPS) is 17.6. The summed E-state index contributed by atoms with van der Waals surface area (Å²) in [4.78, 5) is 19.0. The van der Waals surface area contributed by atoms with Crippen LogP contribution in [0.15, 0.2) is 58.6 Å². The van der Waals surface area contributed by atoms with Gasteiger partial charge in [-0.25, -0.2) is 13.4 Å². The van der Waals surface area contributed by atoms with Crippen LogP contribution in [0.5, 0.6) is 0 Å². The van der Waals surface area contributed by atoms with Crippen molar-refractivity contribution in [2.24, 2.45) is 0 Å². The number of hydrogen-bond acceptors (Lipinski definition) is 6. The van der Waals surface area contributed by atoms with Gasteiger partial charge in [0.15, 0.2) is 5.78 Å². The fraction of sp³-hybridized carbons (Fsp3) is 0.368. The predicted molar refractivity (Wildman–Crippen MR) is 107 cm³/mol. The SMILES string of the molecule is C[C@@H](Sc1ccc(S(=O)(=O)N2CCN(C)CC2)cn1)C(=O)c1ccccc1. The molecule has 3 rings (SSSR count). The molecule has 0 radical (unpaired) electrons. The summed E-state index contributed by atoms with van der Waals surface area (Å²) in [5.41, 5.74) is 0.659. The number of benzene rings is 1. The van der Waals surface area contributed by atoms with Crippen molar-refractivity contribution in [3.63, 3.8) is 0 Å². The van der Waals surface area contributed by atoms with Crippen molar-refractivity contribution in [2.75, 3.05) is 33.2 Å². The van der Waals surface area contributed by atoms with Gasteiger partial charge in [0.05, 0.1) is 10.3 Å². The monoisotopic (exact) mass is 405 g/mol. The second kappa shape index (κ2) is 8.52. The lowest BCUT2D eigenvalue weighted by Gasteiger charge is -2.31. The molecule has 0 amide bonds. The van der Waals surface area contributed by atoms with Gasteiger partial charge in [0.1, 0.15) is 4.90 Å². The topological polar surface area (TPSA) is 70.6 Å². The fourth-order valence-electron chi connectivity index (χ4n) is 2.84. The van der Waals surface area contributed by atoms with Gasteiger partial charge >= 0.3 is 0 Å². The summed E-state index contributed by atoms with van der Waals surface area (Å²) in [6.07, 6.45) is 1.38. The number of rotatable bonds is 6. The molecule has 0 aliphatic carbocycles. The summed E-state index contributed by atoms with van der Waals surface area (Å²) < 4.78 is 27.0. The zero-order valence-electron chi connectivity index (χ0n) is 15.4. The van der Waals surface area contributed by atoms with Crippen molar-refractivity contribution in [2.45, 2.75) is 22.1 Å². The zero-order chi connectivity index (χ0) is 19.4. The molecule has 1 atom stereocenters. The zero-order valence-corrected chi connectivity index (χ0v) is 17.0. The van der Waals surface area contributed by atoms with Gasteiger partial charge in [-0.1, -0.05) is 42.1 Å². The number of nitrogens with zero attached hydrogens (tertiary/aromatic N) is 3. The molecule has 1 aliphatic rings. The van der Waals surface area contributed by atoms with Gasteiger partial charge in [-0.15, -0.1) is 0 Å². The third kappa shape index (κ3) is 4.76. The average molecular weight is 406 g/mol. The van der Waals surface area contributed by atoms with Crippen LogP contribution in [-0.4, -0.2) is 66.9 Å². The molecule has 0 saturated carbocycles. The molecule has 8 heteroatoms. The molecule has 0 spiro atoms. The minimum Gasteiger partial charge on any atom is -0.304 e. The molecule has 1 saturated heterocycles. The number of aromatic nitrogens is 1. The molecule has 1 aliphatic heterocycles. The van der Waals surface area contributed by atoms with Crippen molar-refractivity contribution in [3.8, 4) is 0 Å². The molecule has 27 heavy (non-hydrogen) atoms. The van der Waals surface area contributed by atoms with Crippen LogP contribution in [0.3, 0.4) is 0 Å². The predicted octanol–water partition coefficient (Wildman–Crippen LogP) is 2.38. The van der Waals surface area contributed by atoms with Gasteiger partial charge in [0.2, 0.25) is 10.0 Å². The number of piperazine rings is 1. The highest BCUT2D eigenvalue weighted by Gasteiger charge is 2.27. The van der Waals surface area contributed by atoms with Crippen LogP contribution in [-0.2, 0) is 10.0 Å². The Morgan fingerprint density at radius 1 is 1.07 bits per heavy atom. The van der Waals surface area contributed by atoms with E-state index in [0.717, 1.165) is 13.1 Å². The Morgan fingerprint density at radius 2 is 1.74 bits per heavy atom. The first-order valence-corrected chi connectivity index (χ1v) is 11.1. The molecular weight excluding hydrogens is 382 g/mol. The highest BCUT2D eigenvalue weighted by Crippen LogP contribution is 2.25. The standard InChI is InChI=1S/C19H23N3O3S2/c1-15(19(23)16-6-4-3-5-7-16)26-18-9-8-17(14-20-18)27(24,25)22-12-10-21(2)11-13-22/h3-9,14-15H,10-13H2,1-2H3/t15-/m1/s1. The largest absolute Gasteiger partial charge is 0.304 e. The Morgan fingerprint density at radius 3 is 2.33 bits per heavy atom. The number of carbonyl (C=O) groups is 1. The summed E-state index contributed by atoms with van der Waals surface area (Å²) in [6.45, 7) is 4.24. The number of Topliss-reactive ketones (excluding diaryl/α,β-unsaturated/α-hetero) is 1. The molecule has 0 bridgehead atoms. The first kappa shape index (κ1) is 20.0. The van der Waals surface area contributed by atoms with Crippen molar-refractivity contribution in [1.82, 2.24) is 14.2 Å². The molecule has 1 aromatic carbocycles. The van der Waals surface area contributed by atoms with Crippen molar-refractivity contribution >= 4 is 27.6 Å². The molecule has 1 aromatic heterocycles. The third-order valence-corrected chi connectivity index (χ3v) is 7.47. The lowest BCUT2D eigenvalue weighted by Crippen LogP contribution is -2.47. The summed E-state index contributed by atoms with van der Waals surface area (Å²) >= 11 is 1.33. The summed E-state index contributed by atoms with van der Waals surface area (Å²) in [7, 11) is -1.54. The van der Waals surface area contributed by atoms with Crippen LogP contribution >= 0.6 is 11.8 Å². The van der Waals surface area contributed by atoms with Crippen LogP contribution in [0.25, 0.3) is 0 Å². The number of hydrogen-bond donors (Lipinski definition) is 0. The van der Waals surface area contributed by atoms with Crippen molar-refractivity contribution < 1.29 is 13.2 Å². The summed E-state index contributed by atoms with van der Waals surface area (Å²) in [5, 5.41) is 0.323. The van der Waals surface area contributed by atoms with E-state index in [0.29, 0.717) is 23.7 Å². The molecular formula is C19H23N3O3S2. The van der Waals surface area contributed by atoms with Crippen LogP contribution in [0, 0.1) is 0 Å². The molecule has 6 nitrogen and oxygen atoms in total. The maximum Gasteiger partial charge on any atom is 0.244 e. The number of likely N-dealkylation sites (N-methyl/N-ethyl adjacent to an activating group) is 1. The summed E-state index contributed by atoms with van der Waals surface area (Å²) in [5.74, 6) is 0.0246. The first-order chi connectivity index (χ1) is 12.9. The average Bonchev–Trinajstić information content (AvgIpc) is 2.69. The lowest BCUT2D eigenvalue weighted by molar-refractivity contribution is 0.0994. The lowest BCUT2D eigenvalue weighted by atomic mass is 10.1. The first-order valence-electron chi connectivity index (χ1n) is 8.78. The van der Waals surface area contributed by atoms with E-state index in [1.807, 2.05) is 32.2 Å². The van der Waals surface area contributed by atoms with E-state index in [1.165, 1.54) is 22.3 Å². The number of ketones is 1. The van der Waals surface area contributed by atoms with Crippen LogP contribution in [0.2, 0.25) is 0 Å². The van der Waals surface area contributed by atoms with E-state index < -0.39 is 10.0 Å². The van der Waals surface area contributed by atoms with E-state index >= 15 is 0 Å². The van der Waals surface area contributed by atoms with Gasteiger partial charge in [0, 0.05) is 37.9 Å². The van der Waals surface area contributed by atoms with Crippen molar-refractivity contribution in [1.29, 1.82) is 0 Å². The summed E-state index contributed by atoms with van der Waals surface area (Å²) in [6, 6.07) is 12.4. The van der Waals surface area contributed by atoms with E-state index in [-0.39, 0.29) is 15.9 Å². The maximum atomic E-state index is 12.7. The molecule has 0 N–H and O–H groups in total. The Labute approximate surface area is 164 Å². The highest BCUT2D eigenvalue weighted by molar-refractivity contribution is 8.00. The van der Waals surface area contributed by atoms with E-state index in [9.17, 15) is 13.2 Å². The van der Waals surface area contributed by atoms with E-state index in [4.69, 9.17) is 0 Å². The number of sulfonamides is 1. The van der Waals surface area contributed by atoms with Gasteiger partial charge < -0.3 is 4.90 Å². The molecule has 144 valence electrons. The smallest absolute Gasteiger partial charge is 0.244 e. The number of pyridine rings is 1. The Balaban J connectivity index is 1.67. The quantitative estimate of drug-likeness (QED) is 0.543. The van der Waals surface area contributed by atoms with Crippen LogP contribution in [0.4, 0.5) is 0 Å². The van der Waals surface area contributed by atoms with Gasteiger partial charge in [-0.05, 0) is 26.1 Å². The fourth-order valence-corrected chi connectivity index (χ4v) is 5.07. The molecule has 2 heterocycles. The van der Waals surface area contributed by atoms with E-state index in [2.05, 4.69) is 9.88 Å². The van der Waals surface area contributed by atoms with Gasteiger partial charge in [0.25, 0.3) is 0 Å². The second-order valence-electron chi connectivity index (χ2n) is 6.53. The molecule has 0 unspecified atom stereocenters.